The van der Waals surface area contributed by atoms with Gasteiger partial charge in [-0.3, -0.25) is 4.79 Å². The number of sulfonamides is 1. The monoisotopic (exact) mass is 494 g/mol. The van der Waals surface area contributed by atoms with E-state index in [-0.39, 0.29) is 18.0 Å². The number of rotatable bonds is 8. The molecule has 0 radical (unpaired) electrons. The smallest absolute Gasteiger partial charge is 0.243 e. The Balaban J connectivity index is 1.54. The number of nitrogens with zero attached hydrogens (tertiary/aromatic N) is 1. The normalized spacial score (nSPS) is 11.5. The first-order chi connectivity index (χ1) is 16.4. The molecule has 0 saturated carbocycles. The molecular formula is C26H23ClN2O4S. The van der Waals surface area contributed by atoms with E-state index in [2.05, 4.69) is 5.32 Å². The summed E-state index contributed by atoms with van der Waals surface area (Å²) in [4.78, 5) is 13.0. The van der Waals surface area contributed by atoms with Crippen LogP contribution in [0.1, 0.15) is 6.92 Å². The maximum atomic E-state index is 13.3. The van der Waals surface area contributed by atoms with Crippen LogP contribution in [0.25, 0.3) is 10.8 Å². The Hall–Kier alpha value is -3.39. The third-order valence-corrected chi connectivity index (χ3v) is 7.37. The summed E-state index contributed by atoms with van der Waals surface area (Å²) in [5.74, 6) is 0.477. The second-order valence-electron chi connectivity index (χ2n) is 7.54. The van der Waals surface area contributed by atoms with E-state index in [0.29, 0.717) is 22.2 Å². The van der Waals surface area contributed by atoms with Crippen molar-refractivity contribution in [2.75, 3.05) is 18.4 Å². The van der Waals surface area contributed by atoms with Crippen molar-refractivity contribution in [1.82, 2.24) is 4.31 Å². The number of fused-ring (bicyclic) bond motifs is 1. The quantitative estimate of drug-likeness (QED) is 0.329. The molecule has 0 unspecified atom stereocenters. The van der Waals surface area contributed by atoms with Crippen LogP contribution in [0.4, 0.5) is 5.69 Å². The molecular weight excluding hydrogens is 472 g/mol. The zero-order valence-electron chi connectivity index (χ0n) is 18.4. The van der Waals surface area contributed by atoms with Gasteiger partial charge in [-0.1, -0.05) is 67.1 Å². The van der Waals surface area contributed by atoms with Crippen LogP contribution in [0.3, 0.4) is 0 Å². The molecule has 0 atom stereocenters. The lowest BCUT2D eigenvalue weighted by atomic mass is 10.1. The average Bonchev–Trinajstić information content (AvgIpc) is 2.84. The minimum atomic E-state index is -3.88. The van der Waals surface area contributed by atoms with E-state index in [9.17, 15) is 13.2 Å². The van der Waals surface area contributed by atoms with Gasteiger partial charge in [0.25, 0.3) is 0 Å². The molecule has 4 rings (SSSR count). The van der Waals surface area contributed by atoms with Crippen LogP contribution in [0.2, 0.25) is 5.02 Å². The highest BCUT2D eigenvalue weighted by molar-refractivity contribution is 7.89. The Kier molecular flexibility index (Phi) is 7.17. The molecule has 4 aromatic carbocycles. The Bertz CT molecular complexity index is 1430. The highest BCUT2D eigenvalue weighted by atomic mass is 35.5. The molecule has 6 nitrogen and oxygen atoms in total. The molecule has 0 aliphatic carbocycles. The maximum absolute atomic E-state index is 13.3. The number of halogens is 1. The molecule has 0 spiro atoms. The fraction of sp³-hybridized carbons (Fsp3) is 0.115. The van der Waals surface area contributed by atoms with Crippen molar-refractivity contribution in [3.63, 3.8) is 0 Å². The summed E-state index contributed by atoms with van der Waals surface area (Å²) in [6.45, 7) is 1.46. The Morgan fingerprint density at radius 1 is 0.912 bits per heavy atom. The van der Waals surface area contributed by atoms with Crippen molar-refractivity contribution in [3.8, 4) is 11.5 Å². The van der Waals surface area contributed by atoms with Gasteiger partial charge < -0.3 is 10.1 Å². The van der Waals surface area contributed by atoms with Gasteiger partial charge in [-0.2, -0.15) is 4.31 Å². The van der Waals surface area contributed by atoms with Crippen LogP contribution in [-0.2, 0) is 14.8 Å². The second-order valence-corrected chi connectivity index (χ2v) is 9.92. The Morgan fingerprint density at radius 3 is 2.35 bits per heavy atom. The van der Waals surface area contributed by atoms with E-state index in [1.165, 1.54) is 0 Å². The largest absolute Gasteiger partial charge is 0.455 e. The van der Waals surface area contributed by atoms with Gasteiger partial charge in [-0.25, -0.2) is 8.42 Å². The molecule has 0 aliphatic heterocycles. The van der Waals surface area contributed by atoms with Crippen LogP contribution in [0, 0.1) is 0 Å². The zero-order chi connectivity index (χ0) is 24.1. The first-order valence-electron chi connectivity index (χ1n) is 10.7. The van der Waals surface area contributed by atoms with Crippen molar-refractivity contribution in [2.45, 2.75) is 11.8 Å². The average molecular weight is 495 g/mol. The molecule has 1 N–H and O–H groups in total. The number of nitrogens with one attached hydrogen (secondary N) is 1. The number of hydrogen-bond donors (Lipinski definition) is 1. The van der Waals surface area contributed by atoms with Crippen molar-refractivity contribution in [1.29, 1.82) is 0 Å². The second kappa shape index (κ2) is 10.3. The van der Waals surface area contributed by atoms with Crippen LogP contribution in [0.15, 0.2) is 95.9 Å². The molecule has 0 aromatic heterocycles. The van der Waals surface area contributed by atoms with Crippen molar-refractivity contribution < 1.29 is 17.9 Å². The standard InChI is InChI=1S/C26H23ClN2O4S/c1-2-29(34(31,32)23-14-12-19-8-6-7-9-20(19)16-23)18-26(30)28-24-17-21(27)13-15-25(24)33-22-10-4-3-5-11-22/h3-17H,2,18H2,1H3,(H,28,30). The predicted octanol–water partition coefficient (Wildman–Crippen LogP) is 5.93. The van der Waals surface area contributed by atoms with Crippen molar-refractivity contribution >= 4 is 44.0 Å². The van der Waals surface area contributed by atoms with E-state index < -0.39 is 15.9 Å². The highest BCUT2D eigenvalue weighted by Crippen LogP contribution is 2.32. The Morgan fingerprint density at radius 2 is 1.62 bits per heavy atom. The fourth-order valence-electron chi connectivity index (χ4n) is 3.50. The van der Waals surface area contributed by atoms with Crippen molar-refractivity contribution in [2.24, 2.45) is 0 Å². The summed E-state index contributed by atoms with van der Waals surface area (Å²) in [7, 11) is -3.88. The van der Waals surface area contributed by atoms with Crippen molar-refractivity contribution in [3.05, 3.63) is 96.0 Å². The van der Waals surface area contributed by atoms with Gasteiger partial charge in [0.1, 0.15) is 5.75 Å². The lowest BCUT2D eigenvalue weighted by Crippen LogP contribution is -2.37. The van der Waals surface area contributed by atoms with Gasteiger partial charge in [0, 0.05) is 11.6 Å². The third kappa shape index (κ3) is 5.39. The number of benzene rings is 4. The van der Waals surface area contributed by atoms with Gasteiger partial charge in [0.2, 0.25) is 15.9 Å². The minimum Gasteiger partial charge on any atom is -0.455 e. The minimum absolute atomic E-state index is 0.130. The van der Waals surface area contributed by atoms with Gasteiger partial charge in [0.15, 0.2) is 5.75 Å². The van der Waals surface area contributed by atoms with E-state index >= 15 is 0 Å². The Labute approximate surface area is 203 Å². The molecule has 4 aromatic rings. The number of likely N-dealkylation sites (N-methyl/N-ethyl adjacent to an activating group) is 1. The van der Waals surface area contributed by atoms with Crippen LogP contribution < -0.4 is 10.1 Å². The highest BCUT2D eigenvalue weighted by Gasteiger charge is 2.26. The van der Waals surface area contributed by atoms with E-state index in [0.717, 1.165) is 15.1 Å². The summed E-state index contributed by atoms with van der Waals surface area (Å²) in [5.41, 5.74) is 0.348. The summed E-state index contributed by atoms with van der Waals surface area (Å²) in [6, 6.07) is 26.4. The first kappa shape index (κ1) is 23.8. The number of para-hydroxylation sites is 1. The topological polar surface area (TPSA) is 75.7 Å². The summed E-state index contributed by atoms with van der Waals surface area (Å²) >= 11 is 6.12. The lowest BCUT2D eigenvalue weighted by Gasteiger charge is -2.21. The molecule has 174 valence electrons. The number of carbonyl (C=O) groups is 1. The SMILES string of the molecule is CCN(CC(=O)Nc1cc(Cl)ccc1Oc1ccccc1)S(=O)(=O)c1ccc2ccccc2c1. The molecule has 0 heterocycles. The van der Waals surface area contributed by atoms with Gasteiger partial charge in [-0.05, 0) is 53.2 Å². The summed E-state index contributed by atoms with van der Waals surface area (Å²) in [5, 5.41) is 4.89. The molecule has 8 heteroatoms. The van der Waals surface area contributed by atoms with Gasteiger partial charge >= 0.3 is 0 Å². The number of hydrogen-bond acceptors (Lipinski definition) is 4. The van der Waals surface area contributed by atoms with Crippen LogP contribution >= 0.6 is 11.6 Å². The van der Waals surface area contributed by atoms with E-state index in [1.807, 2.05) is 42.5 Å². The number of amides is 1. The van der Waals surface area contributed by atoms with Gasteiger partial charge in [-0.15, -0.1) is 0 Å². The first-order valence-corrected chi connectivity index (χ1v) is 12.5. The molecule has 0 bridgehead atoms. The molecule has 1 amide bonds. The van der Waals surface area contributed by atoms with E-state index in [4.69, 9.17) is 16.3 Å². The molecule has 0 fully saturated rings. The molecule has 34 heavy (non-hydrogen) atoms. The maximum Gasteiger partial charge on any atom is 0.243 e. The summed E-state index contributed by atoms with van der Waals surface area (Å²) < 4.78 is 33.5. The third-order valence-electron chi connectivity index (χ3n) is 5.22. The number of anilines is 1. The lowest BCUT2D eigenvalue weighted by molar-refractivity contribution is -0.116. The van der Waals surface area contributed by atoms with E-state index in [1.54, 1.807) is 55.5 Å². The predicted molar refractivity (Wildman–Crippen MR) is 135 cm³/mol. The number of ether oxygens (including phenoxy) is 1. The molecule has 0 saturated heterocycles. The van der Waals surface area contributed by atoms with Crippen LogP contribution in [0.5, 0.6) is 11.5 Å². The van der Waals surface area contributed by atoms with Gasteiger partial charge in [0.05, 0.1) is 17.1 Å². The fourth-order valence-corrected chi connectivity index (χ4v) is 5.11. The summed E-state index contributed by atoms with van der Waals surface area (Å²) in [6.07, 6.45) is 0. The molecule has 0 aliphatic rings. The van der Waals surface area contributed by atoms with Crippen LogP contribution in [-0.4, -0.2) is 31.7 Å². The zero-order valence-corrected chi connectivity index (χ0v) is 20.0. The number of carbonyl (C=O) groups excluding carboxylic acids is 1.